The summed E-state index contributed by atoms with van der Waals surface area (Å²) in [7, 11) is 0. The summed E-state index contributed by atoms with van der Waals surface area (Å²) in [5, 5.41) is 0. The van der Waals surface area contributed by atoms with Crippen LogP contribution in [0, 0.1) is 5.92 Å². The Morgan fingerprint density at radius 1 is 1.25 bits per heavy atom. The molecule has 4 heteroatoms. The third-order valence-corrected chi connectivity index (χ3v) is 2.10. The lowest BCUT2D eigenvalue weighted by molar-refractivity contribution is -0.145. The number of ether oxygens (including phenoxy) is 1. The standard InChI is InChI=1S/C12H23NO3/c1-5-7-13(11(4)14)8-6-12(15)16-9-10(2)3/h10H,5-9H2,1-4H3. The van der Waals surface area contributed by atoms with Crippen LogP contribution in [0.5, 0.6) is 0 Å². The van der Waals surface area contributed by atoms with Gasteiger partial charge in [-0.3, -0.25) is 9.59 Å². The zero-order valence-electron chi connectivity index (χ0n) is 10.8. The highest BCUT2D eigenvalue weighted by Crippen LogP contribution is 1.99. The molecule has 0 N–H and O–H groups in total. The van der Waals surface area contributed by atoms with Crippen molar-refractivity contribution < 1.29 is 14.3 Å². The summed E-state index contributed by atoms with van der Waals surface area (Å²) in [6.07, 6.45) is 1.19. The van der Waals surface area contributed by atoms with Gasteiger partial charge in [-0.2, -0.15) is 0 Å². The molecular weight excluding hydrogens is 206 g/mol. The third kappa shape index (κ3) is 7.26. The van der Waals surface area contributed by atoms with E-state index in [1.165, 1.54) is 6.92 Å². The lowest BCUT2D eigenvalue weighted by atomic mass is 10.2. The van der Waals surface area contributed by atoms with E-state index in [0.29, 0.717) is 25.6 Å². The molecule has 0 rings (SSSR count). The van der Waals surface area contributed by atoms with E-state index in [4.69, 9.17) is 4.74 Å². The smallest absolute Gasteiger partial charge is 0.307 e. The van der Waals surface area contributed by atoms with Gasteiger partial charge in [0, 0.05) is 20.0 Å². The summed E-state index contributed by atoms with van der Waals surface area (Å²) >= 11 is 0. The van der Waals surface area contributed by atoms with Gasteiger partial charge in [-0.15, -0.1) is 0 Å². The monoisotopic (exact) mass is 229 g/mol. The van der Waals surface area contributed by atoms with Gasteiger partial charge in [0.25, 0.3) is 0 Å². The van der Waals surface area contributed by atoms with E-state index in [0.717, 1.165) is 6.42 Å². The van der Waals surface area contributed by atoms with Crippen LogP contribution in [0.15, 0.2) is 0 Å². The Hall–Kier alpha value is -1.06. The number of nitrogens with zero attached hydrogens (tertiary/aromatic N) is 1. The summed E-state index contributed by atoms with van der Waals surface area (Å²) in [5.41, 5.74) is 0. The average Bonchev–Trinajstić information content (AvgIpc) is 2.20. The number of hydrogen-bond donors (Lipinski definition) is 0. The van der Waals surface area contributed by atoms with Gasteiger partial charge in [0.1, 0.15) is 0 Å². The van der Waals surface area contributed by atoms with E-state index in [1.54, 1.807) is 4.90 Å². The number of rotatable bonds is 7. The molecular formula is C12H23NO3. The Morgan fingerprint density at radius 3 is 2.31 bits per heavy atom. The number of carbonyl (C=O) groups is 2. The van der Waals surface area contributed by atoms with Crippen molar-refractivity contribution in [2.75, 3.05) is 19.7 Å². The number of esters is 1. The molecule has 0 atom stereocenters. The minimum absolute atomic E-state index is 0.0125. The van der Waals surface area contributed by atoms with Gasteiger partial charge in [-0.25, -0.2) is 0 Å². The summed E-state index contributed by atoms with van der Waals surface area (Å²) in [4.78, 5) is 24.2. The largest absolute Gasteiger partial charge is 0.465 e. The van der Waals surface area contributed by atoms with Crippen molar-refractivity contribution in [3.05, 3.63) is 0 Å². The normalized spacial score (nSPS) is 10.3. The van der Waals surface area contributed by atoms with E-state index in [1.807, 2.05) is 20.8 Å². The summed E-state index contributed by atoms with van der Waals surface area (Å²) in [5.74, 6) is 0.137. The van der Waals surface area contributed by atoms with Crippen molar-refractivity contribution in [3.63, 3.8) is 0 Å². The molecule has 0 aliphatic rings. The molecule has 0 fully saturated rings. The Kier molecular flexibility index (Phi) is 7.60. The fraction of sp³-hybridized carbons (Fsp3) is 0.833. The fourth-order valence-electron chi connectivity index (χ4n) is 1.25. The molecule has 0 saturated heterocycles. The first kappa shape index (κ1) is 14.9. The van der Waals surface area contributed by atoms with E-state index in [9.17, 15) is 9.59 Å². The van der Waals surface area contributed by atoms with Gasteiger partial charge in [-0.1, -0.05) is 20.8 Å². The fourth-order valence-corrected chi connectivity index (χ4v) is 1.25. The molecule has 1 amide bonds. The molecule has 0 aliphatic carbocycles. The van der Waals surface area contributed by atoms with Crippen LogP contribution in [-0.4, -0.2) is 36.5 Å². The highest BCUT2D eigenvalue weighted by molar-refractivity contribution is 5.74. The van der Waals surface area contributed by atoms with Crippen LogP contribution in [0.4, 0.5) is 0 Å². The zero-order chi connectivity index (χ0) is 12.6. The topological polar surface area (TPSA) is 46.6 Å². The van der Waals surface area contributed by atoms with Crippen LogP contribution in [0.2, 0.25) is 0 Å². The number of carbonyl (C=O) groups excluding carboxylic acids is 2. The van der Waals surface area contributed by atoms with Crippen molar-refractivity contribution in [1.82, 2.24) is 4.90 Å². The lowest BCUT2D eigenvalue weighted by Gasteiger charge is -2.19. The molecule has 94 valence electrons. The minimum atomic E-state index is -0.226. The molecule has 0 saturated carbocycles. The van der Waals surface area contributed by atoms with Gasteiger partial charge in [0.15, 0.2) is 0 Å². The second-order valence-electron chi connectivity index (χ2n) is 4.33. The molecule has 0 heterocycles. The van der Waals surface area contributed by atoms with Crippen LogP contribution in [0.25, 0.3) is 0 Å². The van der Waals surface area contributed by atoms with Crippen molar-refractivity contribution in [1.29, 1.82) is 0 Å². The maximum Gasteiger partial charge on any atom is 0.307 e. The van der Waals surface area contributed by atoms with E-state index in [-0.39, 0.29) is 18.3 Å². The molecule has 0 unspecified atom stereocenters. The Bertz CT molecular complexity index is 226. The van der Waals surface area contributed by atoms with Gasteiger partial charge in [-0.05, 0) is 12.3 Å². The highest BCUT2D eigenvalue weighted by Gasteiger charge is 2.11. The maximum absolute atomic E-state index is 11.3. The van der Waals surface area contributed by atoms with Gasteiger partial charge in [0.05, 0.1) is 13.0 Å². The molecule has 0 aliphatic heterocycles. The Morgan fingerprint density at radius 2 is 1.88 bits per heavy atom. The molecule has 0 aromatic carbocycles. The van der Waals surface area contributed by atoms with E-state index < -0.39 is 0 Å². The summed E-state index contributed by atoms with van der Waals surface area (Å²) in [6.45, 7) is 9.13. The third-order valence-electron chi connectivity index (χ3n) is 2.10. The first-order valence-corrected chi connectivity index (χ1v) is 5.88. The highest BCUT2D eigenvalue weighted by atomic mass is 16.5. The maximum atomic E-state index is 11.3. The SMILES string of the molecule is CCCN(CCC(=O)OCC(C)C)C(C)=O. The summed E-state index contributed by atoms with van der Waals surface area (Å²) in [6, 6.07) is 0. The van der Waals surface area contributed by atoms with Crippen LogP contribution in [0.3, 0.4) is 0 Å². The first-order chi connectivity index (χ1) is 7.47. The first-order valence-electron chi connectivity index (χ1n) is 5.88. The van der Waals surface area contributed by atoms with Gasteiger partial charge in [0.2, 0.25) is 5.91 Å². The van der Waals surface area contributed by atoms with Crippen molar-refractivity contribution >= 4 is 11.9 Å². The second kappa shape index (κ2) is 8.13. The quantitative estimate of drug-likeness (QED) is 0.626. The van der Waals surface area contributed by atoms with Crippen LogP contribution in [0.1, 0.15) is 40.5 Å². The van der Waals surface area contributed by atoms with Crippen molar-refractivity contribution in [2.24, 2.45) is 5.92 Å². The molecule has 4 nitrogen and oxygen atoms in total. The minimum Gasteiger partial charge on any atom is -0.465 e. The van der Waals surface area contributed by atoms with Crippen LogP contribution >= 0.6 is 0 Å². The zero-order valence-corrected chi connectivity index (χ0v) is 10.8. The van der Waals surface area contributed by atoms with Crippen LogP contribution in [-0.2, 0) is 14.3 Å². The molecule has 0 aromatic rings. The Labute approximate surface area is 98.0 Å². The summed E-state index contributed by atoms with van der Waals surface area (Å²) < 4.78 is 5.03. The molecule has 16 heavy (non-hydrogen) atoms. The van der Waals surface area contributed by atoms with Gasteiger partial charge < -0.3 is 9.64 Å². The predicted molar refractivity (Wildman–Crippen MR) is 63.0 cm³/mol. The van der Waals surface area contributed by atoms with Crippen LogP contribution < -0.4 is 0 Å². The number of hydrogen-bond acceptors (Lipinski definition) is 3. The average molecular weight is 229 g/mol. The molecule has 0 bridgehead atoms. The van der Waals surface area contributed by atoms with Gasteiger partial charge >= 0.3 is 5.97 Å². The lowest BCUT2D eigenvalue weighted by Crippen LogP contribution is -2.32. The molecule has 0 aromatic heterocycles. The van der Waals surface area contributed by atoms with E-state index in [2.05, 4.69) is 0 Å². The second-order valence-corrected chi connectivity index (χ2v) is 4.33. The van der Waals surface area contributed by atoms with Crippen molar-refractivity contribution in [3.8, 4) is 0 Å². The van der Waals surface area contributed by atoms with Crippen molar-refractivity contribution in [2.45, 2.75) is 40.5 Å². The molecule has 0 radical (unpaired) electrons. The predicted octanol–water partition coefficient (Wildman–Crippen LogP) is 1.83. The van der Waals surface area contributed by atoms with E-state index >= 15 is 0 Å². The molecule has 0 spiro atoms. The number of amides is 1. The Balaban J connectivity index is 3.82.